The summed E-state index contributed by atoms with van der Waals surface area (Å²) in [4.78, 5) is 19.0. The normalized spacial score (nSPS) is 19.4. The predicted molar refractivity (Wildman–Crippen MR) is 77.7 cm³/mol. The molecule has 1 aromatic rings. The molecule has 0 spiro atoms. The molecule has 1 fully saturated rings. The standard InChI is InChI=1S/C14H22N2O3S/c1-14(2,3)19-13(17)16-6-4-5-11(16)8-18-9-12-7-15-10-20-12/h7,10-11H,4-6,8-9H2,1-3H3/t11-/m0/s1. The lowest BCUT2D eigenvalue weighted by molar-refractivity contribution is 0.00904. The summed E-state index contributed by atoms with van der Waals surface area (Å²) < 4.78 is 11.1. The summed E-state index contributed by atoms with van der Waals surface area (Å²) >= 11 is 1.58. The van der Waals surface area contributed by atoms with Gasteiger partial charge in [-0.1, -0.05) is 0 Å². The molecule has 0 aromatic carbocycles. The third-order valence-electron chi connectivity index (χ3n) is 3.04. The molecule has 0 saturated carbocycles. The van der Waals surface area contributed by atoms with E-state index in [2.05, 4.69) is 4.98 Å². The van der Waals surface area contributed by atoms with Gasteiger partial charge in [-0.15, -0.1) is 11.3 Å². The molecule has 0 radical (unpaired) electrons. The molecule has 112 valence electrons. The van der Waals surface area contributed by atoms with Gasteiger partial charge in [0.25, 0.3) is 0 Å². The fourth-order valence-corrected chi connectivity index (χ4v) is 2.71. The van der Waals surface area contributed by atoms with Crippen molar-refractivity contribution in [1.29, 1.82) is 0 Å². The summed E-state index contributed by atoms with van der Waals surface area (Å²) in [5, 5.41) is 0. The molecule has 6 heteroatoms. The Morgan fingerprint density at radius 1 is 1.55 bits per heavy atom. The second-order valence-corrected chi connectivity index (χ2v) is 6.92. The Morgan fingerprint density at radius 3 is 3.00 bits per heavy atom. The summed E-state index contributed by atoms with van der Waals surface area (Å²) in [6.45, 7) is 7.52. The first-order chi connectivity index (χ1) is 9.46. The van der Waals surface area contributed by atoms with Gasteiger partial charge in [-0.05, 0) is 33.6 Å². The van der Waals surface area contributed by atoms with Crippen LogP contribution in [0.25, 0.3) is 0 Å². The summed E-state index contributed by atoms with van der Waals surface area (Å²) in [6, 6.07) is 0.123. The Hall–Kier alpha value is -1.14. The summed E-state index contributed by atoms with van der Waals surface area (Å²) in [6.07, 6.45) is 3.56. The molecule has 1 aromatic heterocycles. The van der Waals surface area contributed by atoms with Crippen LogP contribution >= 0.6 is 11.3 Å². The van der Waals surface area contributed by atoms with Crippen LogP contribution in [0.4, 0.5) is 4.79 Å². The number of carbonyl (C=O) groups excluding carboxylic acids is 1. The average Bonchev–Trinajstić information content (AvgIpc) is 2.97. The maximum Gasteiger partial charge on any atom is 0.410 e. The van der Waals surface area contributed by atoms with Crippen molar-refractivity contribution in [2.75, 3.05) is 13.2 Å². The van der Waals surface area contributed by atoms with E-state index in [0.717, 1.165) is 24.3 Å². The van der Waals surface area contributed by atoms with Gasteiger partial charge in [0, 0.05) is 12.7 Å². The minimum atomic E-state index is -0.451. The first-order valence-electron chi connectivity index (χ1n) is 6.90. The Labute approximate surface area is 123 Å². The second kappa shape index (κ2) is 6.54. The molecule has 2 heterocycles. The van der Waals surface area contributed by atoms with Gasteiger partial charge < -0.3 is 14.4 Å². The van der Waals surface area contributed by atoms with Gasteiger partial charge in [-0.25, -0.2) is 4.79 Å². The van der Waals surface area contributed by atoms with Crippen LogP contribution in [0.15, 0.2) is 11.7 Å². The topological polar surface area (TPSA) is 51.7 Å². The van der Waals surface area contributed by atoms with Crippen LogP contribution in [0.2, 0.25) is 0 Å². The van der Waals surface area contributed by atoms with Crippen molar-refractivity contribution in [2.45, 2.75) is 51.9 Å². The number of thiazole rings is 1. The quantitative estimate of drug-likeness (QED) is 0.857. The molecule has 1 aliphatic rings. The Morgan fingerprint density at radius 2 is 2.35 bits per heavy atom. The zero-order chi connectivity index (χ0) is 14.6. The third-order valence-corrected chi connectivity index (χ3v) is 3.80. The molecule has 2 rings (SSSR count). The number of rotatable bonds is 4. The van der Waals surface area contributed by atoms with E-state index in [-0.39, 0.29) is 12.1 Å². The van der Waals surface area contributed by atoms with Crippen LogP contribution in [0.1, 0.15) is 38.5 Å². The van der Waals surface area contributed by atoms with Gasteiger partial charge in [-0.2, -0.15) is 0 Å². The minimum Gasteiger partial charge on any atom is -0.444 e. The zero-order valence-electron chi connectivity index (χ0n) is 12.3. The number of amides is 1. The molecule has 1 saturated heterocycles. The van der Waals surface area contributed by atoms with Crippen LogP contribution in [-0.2, 0) is 16.1 Å². The average molecular weight is 298 g/mol. The summed E-state index contributed by atoms with van der Waals surface area (Å²) in [7, 11) is 0. The Kier molecular flexibility index (Phi) is 4.99. The highest BCUT2D eigenvalue weighted by Gasteiger charge is 2.32. The minimum absolute atomic E-state index is 0.123. The number of ether oxygens (including phenoxy) is 2. The number of hydrogen-bond acceptors (Lipinski definition) is 5. The van der Waals surface area contributed by atoms with Crippen LogP contribution in [0, 0.1) is 0 Å². The van der Waals surface area contributed by atoms with Crippen molar-refractivity contribution in [3.8, 4) is 0 Å². The molecule has 1 amide bonds. The summed E-state index contributed by atoms with van der Waals surface area (Å²) in [5.41, 5.74) is 1.34. The fourth-order valence-electron chi connectivity index (χ4n) is 2.18. The first kappa shape index (κ1) is 15.3. The highest BCUT2D eigenvalue weighted by atomic mass is 32.1. The number of hydrogen-bond donors (Lipinski definition) is 0. The largest absolute Gasteiger partial charge is 0.444 e. The molecule has 0 unspecified atom stereocenters. The Balaban J connectivity index is 1.79. The van der Waals surface area contributed by atoms with Crippen LogP contribution < -0.4 is 0 Å². The lowest BCUT2D eigenvalue weighted by atomic mass is 10.2. The van der Waals surface area contributed by atoms with E-state index in [1.54, 1.807) is 21.7 Å². The van der Waals surface area contributed by atoms with Crippen molar-refractivity contribution in [2.24, 2.45) is 0 Å². The molecule has 5 nitrogen and oxygen atoms in total. The molecule has 0 aliphatic carbocycles. The van der Waals surface area contributed by atoms with Gasteiger partial charge in [0.05, 0.1) is 29.6 Å². The lowest BCUT2D eigenvalue weighted by Crippen LogP contribution is -2.41. The monoisotopic (exact) mass is 298 g/mol. The van der Waals surface area contributed by atoms with Crippen molar-refractivity contribution in [3.63, 3.8) is 0 Å². The molecule has 1 atom stereocenters. The number of aromatic nitrogens is 1. The van der Waals surface area contributed by atoms with Crippen molar-refractivity contribution in [3.05, 3.63) is 16.6 Å². The highest BCUT2D eigenvalue weighted by Crippen LogP contribution is 2.21. The maximum atomic E-state index is 12.1. The van der Waals surface area contributed by atoms with Crippen molar-refractivity contribution in [1.82, 2.24) is 9.88 Å². The van der Waals surface area contributed by atoms with Gasteiger partial charge in [0.2, 0.25) is 0 Å². The molecular weight excluding hydrogens is 276 g/mol. The zero-order valence-corrected chi connectivity index (χ0v) is 13.1. The van der Waals surface area contributed by atoms with Crippen molar-refractivity contribution < 1.29 is 14.3 Å². The Bertz CT molecular complexity index is 428. The van der Waals surface area contributed by atoms with E-state index >= 15 is 0 Å². The lowest BCUT2D eigenvalue weighted by Gasteiger charge is -2.28. The van der Waals surface area contributed by atoms with E-state index in [1.807, 2.05) is 27.0 Å². The maximum absolute atomic E-state index is 12.1. The number of carbonyl (C=O) groups is 1. The van der Waals surface area contributed by atoms with Gasteiger partial charge in [0.15, 0.2) is 0 Å². The SMILES string of the molecule is CC(C)(C)OC(=O)N1CCC[C@H]1COCc1cncs1. The molecule has 0 bridgehead atoms. The van der Waals surface area contributed by atoms with E-state index in [0.29, 0.717) is 13.2 Å². The third kappa shape index (κ3) is 4.45. The predicted octanol–water partition coefficient (Wildman–Crippen LogP) is 3.06. The summed E-state index contributed by atoms with van der Waals surface area (Å²) in [5.74, 6) is 0. The smallest absolute Gasteiger partial charge is 0.410 e. The highest BCUT2D eigenvalue weighted by molar-refractivity contribution is 7.09. The van der Waals surface area contributed by atoms with E-state index in [9.17, 15) is 4.79 Å². The van der Waals surface area contributed by atoms with E-state index in [4.69, 9.17) is 9.47 Å². The second-order valence-electron chi connectivity index (χ2n) is 5.95. The molecule has 20 heavy (non-hydrogen) atoms. The van der Waals surface area contributed by atoms with Gasteiger partial charge in [-0.3, -0.25) is 4.98 Å². The molecular formula is C14H22N2O3S. The van der Waals surface area contributed by atoms with Crippen molar-refractivity contribution >= 4 is 17.4 Å². The molecule has 1 aliphatic heterocycles. The van der Waals surface area contributed by atoms with Gasteiger partial charge in [0.1, 0.15) is 5.60 Å². The van der Waals surface area contributed by atoms with Gasteiger partial charge >= 0.3 is 6.09 Å². The van der Waals surface area contributed by atoms with Crippen LogP contribution in [0.5, 0.6) is 0 Å². The number of nitrogens with zero attached hydrogens (tertiary/aromatic N) is 2. The van der Waals surface area contributed by atoms with E-state index < -0.39 is 5.60 Å². The van der Waals surface area contributed by atoms with Crippen LogP contribution in [-0.4, -0.2) is 40.8 Å². The first-order valence-corrected chi connectivity index (χ1v) is 7.78. The van der Waals surface area contributed by atoms with Crippen LogP contribution in [0.3, 0.4) is 0 Å². The number of likely N-dealkylation sites (tertiary alicyclic amines) is 1. The van der Waals surface area contributed by atoms with E-state index in [1.165, 1.54) is 0 Å². The fraction of sp³-hybridized carbons (Fsp3) is 0.714. The molecule has 0 N–H and O–H groups in total.